The van der Waals surface area contributed by atoms with E-state index in [2.05, 4.69) is 15.0 Å². The van der Waals surface area contributed by atoms with Crippen LogP contribution < -0.4 is 0 Å². The van der Waals surface area contributed by atoms with Gasteiger partial charge in [-0.15, -0.1) is 11.3 Å². The topological polar surface area (TPSA) is 91.3 Å². The highest BCUT2D eigenvalue weighted by molar-refractivity contribution is 7.21. The molecular weight excluding hydrogens is 342 g/mol. The largest absolute Gasteiger partial charge is 0.458 e. The van der Waals surface area contributed by atoms with Crippen LogP contribution >= 0.6 is 11.3 Å². The Bertz CT molecular complexity index is 979. The van der Waals surface area contributed by atoms with Gasteiger partial charge in [0.2, 0.25) is 0 Å². The molecule has 25 heavy (non-hydrogen) atoms. The molecule has 3 aromatic rings. The van der Waals surface area contributed by atoms with Crippen LogP contribution in [-0.2, 0) is 14.3 Å². The summed E-state index contributed by atoms with van der Waals surface area (Å²) in [7, 11) is 0. The highest BCUT2D eigenvalue weighted by Gasteiger charge is 2.21. The first-order chi connectivity index (χ1) is 12.2. The van der Waals surface area contributed by atoms with Crippen molar-refractivity contribution in [1.82, 2.24) is 15.0 Å². The molecule has 1 aromatic carbocycles. The number of fused-ring (bicyclic) bond motifs is 1. The third kappa shape index (κ3) is 3.11. The van der Waals surface area contributed by atoms with Crippen LogP contribution in [0.2, 0.25) is 0 Å². The Hall–Kier alpha value is -3.13. The van der Waals surface area contributed by atoms with Crippen molar-refractivity contribution in [2.24, 2.45) is 0 Å². The number of nitrogens with zero attached hydrogens (tertiary/aromatic N) is 3. The quantitative estimate of drug-likeness (QED) is 0.665. The number of carbonyl (C=O) groups excluding carboxylic acids is 2. The number of thiazole rings is 1. The number of aromatic nitrogens is 3. The third-order valence-electron chi connectivity index (χ3n) is 3.50. The number of cyclic esters (lactones) is 1. The Balaban J connectivity index is 1.61. The van der Waals surface area contributed by atoms with Gasteiger partial charge < -0.3 is 9.47 Å². The van der Waals surface area contributed by atoms with Crippen molar-refractivity contribution in [3.05, 3.63) is 54.0 Å². The van der Waals surface area contributed by atoms with Crippen LogP contribution in [0.1, 0.15) is 10.5 Å². The van der Waals surface area contributed by atoms with Gasteiger partial charge in [0.15, 0.2) is 5.69 Å². The van der Waals surface area contributed by atoms with Crippen molar-refractivity contribution in [2.45, 2.75) is 0 Å². The summed E-state index contributed by atoms with van der Waals surface area (Å²) in [5, 5.41) is 0.597. The molecule has 8 heteroatoms. The number of hydrogen-bond donors (Lipinski definition) is 0. The fourth-order valence-electron chi connectivity index (χ4n) is 2.34. The molecule has 0 saturated heterocycles. The molecule has 0 unspecified atom stereocenters. The third-order valence-corrected chi connectivity index (χ3v) is 4.54. The first-order valence-electron chi connectivity index (χ1n) is 7.41. The van der Waals surface area contributed by atoms with Crippen molar-refractivity contribution >= 4 is 33.5 Å². The lowest BCUT2D eigenvalue weighted by atomic mass is 10.3. The van der Waals surface area contributed by atoms with Gasteiger partial charge in [0.05, 0.1) is 10.2 Å². The second kappa shape index (κ2) is 6.40. The zero-order chi connectivity index (χ0) is 17.2. The van der Waals surface area contributed by atoms with Crippen molar-refractivity contribution in [1.29, 1.82) is 0 Å². The summed E-state index contributed by atoms with van der Waals surface area (Å²) in [4.78, 5) is 36.3. The van der Waals surface area contributed by atoms with Gasteiger partial charge in [-0.05, 0) is 12.1 Å². The van der Waals surface area contributed by atoms with E-state index in [9.17, 15) is 9.59 Å². The first-order valence-corrected chi connectivity index (χ1v) is 8.22. The predicted molar refractivity (Wildman–Crippen MR) is 90.0 cm³/mol. The molecule has 3 heterocycles. The minimum absolute atomic E-state index is 0.0273. The number of benzene rings is 1. The molecule has 0 fully saturated rings. The second-order valence-corrected chi connectivity index (χ2v) is 6.26. The van der Waals surface area contributed by atoms with Gasteiger partial charge in [-0.2, -0.15) is 0 Å². The van der Waals surface area contributed by atoms with Gasteiger partial charge in [0.25, 0.3) is 0 Å². The molecule has 2 aromatic heterocycles. The van der Waals surface area contributed by atoms with E-state index in [0.29, 0.717) is 16.3 Å². The van der Waals surface area contributed by atoms with Gasteiger partial charge in [0, 0.05) is 24.0 Å². The molecular formula is C17H11N3O4S. The highest BCUT2D eigenvalue weighted by Crippen LogP contribution is 2.30. The normalized spacial score (nSPS) is 13.6. The van der Waals surface area contributed by atoms with Gasteiger partial charge in [-0.25, -0.2) is 24.5 Å². The highest BCUT2D eigenvalue weighted by atomic mass is 32.1. The van der Waals surface area contributed by atoms with Crippen molar-refractivity contribution in [3.8, 4) is 10.7 Å². The van der Waals surface area contributed by atoms with E-state index in [1.807, 2.05) is 24.3 Å². The molecule has 0 bridgehead atoms. The van der Waals surface area contributed by atoms with Crippen molar-refractivity contribution in [2.75, 3.05) is 13.2 Å². The average Bonchev–Trinajstić information content (AvgIpc) is 3.25. The molecule has 0 atom stereocenters. The summed E-state index contributed by atoms with van der Waals surface area (Å²) in [6.45, 7) is 0.109. The molecule has 7 nitrogen and oxygen atoms in total. The van der Waals surface area contributed by atoms with Crippen molar-refractivity contribution in [3.63, 3.8) is 0 Å². The van der Waals surface area contributed by atoms with E-state index in [1.54, 1.807) is 0 Å². The fraction of sp³-hybridized carbons (Fsp3) is 0.118. The van der Waals surface area contributed by atoms with Crippen LogP contribution in [0, 0.1) is 0 Å². The van der Waals surface area contributed by atoms with E-state index in [4.69, 9.17) is 9.47 Å². The van der Waals surface area contributed by atoms with E-state index < -0.39 is 11.9 Å². The molecule has 1 aliphatic rings. The minimum atomic E-state index is -0.623. The van der Waals surface area contributed by atoms with E-state index in [0.717, 1.165) is 10.2 Å². The lowest BCUT2D eigenvalue weighted by Crippen LogP contribution is -2.12. The summed E-state index contributed by atoms with van der Waals surface area (Å²) in [6, 6.07) is 7.67. The van der Waals surface area contributed by atoms with Crippen LogP contribution in [-0.4, -0.2) is 40.1 Å². The Morgan fingerprint density at radius 2 is 2.08 bits per heavy atom. The van der Waals surface area contributed by atoms with E-state index in [-0.39, 0.29) is 18.9 Å². The molecule has 0 saturated carbocycles. The molecule has 4 rings (SSSR count). The standard InChI is InChI=1S/C17H11N3O4S/c21-13-7-10(8-23-13)9-24-17(22)15-14(18-5-6-19-15)16-20-11-3-1-2-4-12(11)25-16/h1-7H,8-9H2. The molecule has 0 N–H and O–H groups in total. The number of ether oxygens (including phenoxy) is 2. The SMILES string of the molecule is O=C1C=C(COC(=O)c2nccnc2-c2nc3ccccc3s2)CO1. The van der Waals surface area contributed by atoms with E-state index >= 15 is 0 Å². The second-order valence-electron chi connectivity index (χ2n) is 5.23. The summed E-state index contributed by atoms with van der Waals surface area (Å²) < 4.78 is 11.0. The average molecular weight is 353 g/mol. The zero-order valence-corrected chi connectivity index (χ0v) is 13.7. The zero-order valence-electron chi connectivity index (χ0n) is 12.8. The summed E-state index contributed by atoms with van der Waals surface area (Å²) >= 11 is 1.43. The Morgan fingerprint density at radius 3 is 2.88 bits per heavy atom. The monoisotopic (exact) mass is 353 g/mol. The molecule has 0 aliphatic carbocycles. The van der Waals surface area contributed by atoms with Gasteiger partial charge in [-0.1, -0.05) is 12.1 Å². The molecule has 0 spiro atoms. The molecule has 0 amide bonds. The van der Waals surface area contributed by atoms with Crippen molar-refractivity contribution < 1.29 is 19.1 Å². The van der Waals surface area contributed by atoms with Gasteiger partial charge in [0.1, 0.15) is 23.9 Å². The van der Waals surface area contributed by atoms with Gasteiger partial charge >= 0.3 is 11.9 Å². The number of para-hydroxylation sites is 1. The Kier molecular flexibility index (Phi) is 3.95. The molecule has 124 valence electrons. The van der Waals surface area contributed by atoms with E-state index in [1.165, 1.54) is 29.8 Å². The number of esters is 2. The van der Waals surface area contributed by atoms with Crippen LogP contribution in [0.15, 0.2) is 48.3 Å². The number of rotatable bonds is 4. The summed E-state index contributed by atoms with van der Waals surface area (Å²) in [5.41, 5.74) is 1.90. The maximum absolute atomic E-state index is 12.4. The smallest absolute Gasteiger partial charge is 0.359 e. The van der Waals surface area contributed by atoms with Gasteiger partial charge in [-0.3, -0.25) is 0 Å². The number of carbonyl (C=O) groups is 2. The fourth-order valence-corrected chi connectivity index (χ4v) is 3.30. The summed E-state index contributed by atoms with van der Waals surface area (Å²) in [6.07, 6.45) is 4.25. The summed E-state index contributed by atoms with van der Waals surface area (Å²) in [5.74, 6) is -1.05. The maximum atomic E-state index is 12.4. The van der Waals surface area contributed by atoms with Crippen LogP contribution in [0.5, 0.6) is 0 Å². The predicted octanol–water partition coefficient (Wildman–Crippen LogP) is 2.39. The van der Waals surface area contributed by atoms with Crippen LogP contribution in [0.3, 0.4) is 0 Å². The lowest BCUT2D eigenvalue weighted by Gasteiger charge is -2.06. The maximum Gasteiger partial charge on any atom is 0.359 e. The minimum Gasteiger partial charge on any atom is -0.458 e. The first kappa shape index (κ1) is 15.4. The molecule has 0 radical (unpaired) electrons. The Morgan fingerprint density at radius 1 is 1.24 bits per heavy atom. The Labute approximate surface area is 146 Å². The van der Waals surface area contributed by atoms with Crippen LogP contribution in [0.4, 0.5) is 0 Å². The lowest BCUT2D eigenvalue weighted by molar-refractivity contribution is -0.134. The van der Waals surface area contributed by atoms with Crippen LogP contribution in [0.25, 0.3) is 20.9 Å². The number of hydrogen-bond acceptors (Lipinski definition) is 8. The molecule has 1 aliphatic heterocycles.